The van der Waals surface area contributed by atoms with Crippen LogP contribution in [0.15, 0.2) is 42.5 Å². The standard InChI is InChI=1S/C21H26Cl2N2O3S/c1-14(15-6-8-16(9-7-15)21(2,3)4)24-20(26)13-25(29(5,27)28)19-11-10-17(22)12-18(19)23/h6-12,14H,13H2,1-5H3,(H,24,26)/t14-/m1/s1. The zero-order valence-corrected chi connectivity index (χ0v) is 19.5. The number of benzene rings is 2. The molecule has 158 valence electrons. The van der Waals surface area contributed by atoms with Gasteiger partial charge in [0, 0.05) is 5.02 Å². The van der Waals surface area contributed by atoms with E-state index in [0.29, 0.717) is 5.02 Å². The van der Waals surface area contributed by atoms with Crippen LogP contribution in [0.3, 0.4) is 0 Å². The third-order valence-electron chi connectivity index (χ3n) is 4.52. The second-order valence-electron chi connectivity index (χ2n) is 8.03. The fourth-order valence-electron chi connectivity index (χ4n) is 2.84. The second kappa shape index (κ2) is 8.94. The van der Waals surface area contributed by atoms with Gasteiger partial charge < -0.3 is 5.32 Å². The first-order valence-electron chi connectivity index (χ1n) is 9.11. The lowest BCUT2D eigenvalue weighted by atomic mass is 9.86. The highest BCUT2D eigenvalue weighted by Crippen LogP contribution is 2.30. The molecule has 1 atom stereocenters. The molecule has 1 amide bonds. The van der Waals surface area contributed by atoms with Gasteiger partial charge in [-0.05, 0) is 41.7 Å². The number of halogens is 2. The van der Waals surface area contributed by atoms with Gasteiger partial charge in [0.2, 0.25) is 15.9 Å². The minimum Gasteiger partial charge on any atom is -0.348 e. The van der Waals surface area contributed by atoms with Crippen molar-refractivity contribution in [1.29, 1.82) is 0 Å². The van der Waals surface area contributed by atoms with Crippen LogP contribution in [0.2, 0.25) is 10.0 Å². The van der Waals surface area contributed by atoms with E-state index < -0.39 is 15.9 Å². The van der Waals surface area contributed by atoms with Crippen molar-refractivity contribution in [2.24, 2.45) is 0 Å². The fourth-order valence-corrected chi connectivity index (χ4v) is 4.27. The highest BCUT2D eigenvalue weighted by molar-refractivity contribution is 7.92. The van der Waals surface area contributed by atoms with Crippen LogP contribution in [0.4, 0.5) is 5.69 Å². The van der Waals surface area contributed by atoms with Crippen LogP contribution >= 0.6 is 23.2 Å². The van der Waals surface area contributed by atoms with Gasteiger partial charge in [-0.1, -0.05) is 68.2 Å². The SMILES string of the molecule is C[C@@H](NC(=O)CN(c1ccc(Cl)cc1Cl)S(C)(=O)=O)c1ccc(C(C)(C)C)cc1. The first-order valence-corrected chi connectivity index (χ1v) is 11.7. The number of hydrogen-bond donors (Lipinski definition) is 1. The molecule has 2 aromatic rings. The van der Waals surface area contributed by atoms with Gasteiger partial charge >= 0.3 is 0 Å². The van der Waals surface area contributed by atoms with Crippen LogP contribution in [0.1, 0.15) is 44.9 Å². The maximum absolute atomic E-state index is 12.6. The Morgan fingerprint density at radius 1 is 1.10 bits per heavy atom. The first kappa shape index (κ1) is 23.5. The van der Waals surface area contributed by atoms with Gasteiger partial charge in [0.25, 0.3) is 0 Å². The predicted molar refractivity (Wildman–Crippen MR) is 120 cm³/mol. The molecule has 0 aromatic heterocycles. The summed E-state index contributed by atoms with van der Waals surface area (Å²) in [5, 5.41) is 3.38. The van der Waals surface area contributed by atoms with E-state index in [4.69, 9.17) is 23.2 Å². The number of rotatable bonds is 6. The Labute approximate surface area is 183 Å². The molecule has 29 heavy (non-hydrogen) atoms. The molecule has 0 aliphatic rings. The van der Waals surface area contributed by atoms with E-state index in [1.165, 1.54) is 23.8 Å². The number of amides is 1. The lowest BCUT2D eigenvalue weighted by molar-refractivity contribution is -0.120. The molecule has 0 bridgehead atoms. The number of nitrogens with zero attached hydrogens (tertiary/aromatic N) is 1. The van der Waals surface area contributed by atoms with Crippen molar-refractivity contribution in [1.82, 2.24) is 5.32 Å². The monoisotopic (exact) mass is 456 g/mol. The summed E-state index contributed by atoms with van der Waals surface area (Å²) in [5.41, 5.74) is 2.37. The summed E-state index contributed by atoms with van der Waals surface area (Å²) in [4.78, 5) is 12.6. The van der Waals surface area contributed by atoms with Crippen LogP contribution in [0, 0.1) is 0 Å². The summed E-state index contributed by atoms with van der Waals surface area (Å²) in [6.45, 7) is 7.87. The molecule has 8 heteroatoms. The molecule has 0 saturated carbocycles. The van der Waals surface area contributed by atoms with Crippen molar-refractivity contribution in [3.8, 4) is 0 Å². The Hall–Kier alpha value is -1.76. The van der Waals surface area contributed by atoms with Crippen molar-refractivity contribution < 1.29 is 13.2 Å². The molecule has 0 aliphatic carbocycles. The number of sulfonamides is 1. The Kier molecular flexibility index (Phi) is 7.25. The summed E-state index contributed by atoms with van der Waals surface area (Å²) in [7, 11) is -3.73. The van der Waals surface area contributed by atoms with E-state index >= 15 is 0 Å². The van der Waals surface area contributed by atoms with Crippen LogP contribution in [-0.4, -0.2) is 27.1 Å². The molecular weight excluding hydrogens is 431 g/mol. The Bertz CT molecular complexity index is 984. The molecule has 0 saturated heterocycles. The molecule has 0 heterocycles. The lowest BCUT2D eigenvalue weighted by Crippen LogP contribution is -2.41. The zero-order valence-electron chi connectivity index (χ0n) is 17.2. The van der Waals surface area contributed by atoms with Gasteiger partial charge in [0.1, 0.15) is 6.54 Å². The lowest BCUT2D eigenvalue weighted by Gasteiger charge is -2.24. The summed E-state index contributed by atoms with van der Waals surface area (Å²) in [6, 6.07) is 12.2. The average molecular weight is 457 g/mol. The van der Waals surface area contributed by atoms with Crippen molar-refractivity contribution >= 4 is 44.8 Å². The molecule has 0 fully saturated rings. The molecule has 0 unspecified atom stereocenters. The van der Waals surface area contributed by atoms with E-state index in [1.807, 2.05) is 31.2 Å². The minimum absolute atomic E-state index is 0.0405. The number of carbonyl (C=O) groups excluding carboxylic acids is 1. The highest BCUT2D eigenvalue weighted by Gasteiger charge is 2.24. The van der Waals surface area contributed by atoms with Gasteiger partial charge in [-0.2, -0.15) is 0 Å². The van der Waals surface area contributed by atoms with Crippen LogP contribution in [0.25, 0.3) is 0 Å². The molecule has 5 nitrogen and oxygen atoms in total. The maximum atomic E-state index is 12.6. The van der Waals surface area contributed by atoms with E-state index in [9.17, 15) is 13.2 Å². The van der Waals surface area contributed by atoms with Gasteiger partial charge in [-0.25, -0.2) is 8.42 Å². The molecule has 0 radical (unpaired) electrons. The van der Waals surface area contributed by atoms with Gasteiger partial charge in [-0.15, -0.1) is 0 Å². The number of anilines is 1. The van der Waals surface area contributed by atoms with Gasteiger partial charge in [-0.3, -0.25) is 9.10 Å². The Morgan fingerprint density at radius 3 is 2.17 bits per heavy atom. The smallest absolute Gasteiger partial charge is 0.241 e. The Morgan fingerprint density at radius 2 is 1.69 bits per heavy atom. The van der Waals surface area contributed by atoms with E-state index in [0.717, 1.165) is 16.1 Å². The highest BCUT2D eigenvalue weighted by atomic mass is 35.5. The van der Waals surface area contributed by atoms with Crippen LogP contribution in [-0.2, 0) is 20.2 Å². The quantitative estimate of drug-likeness (QED) is 0.669. The summed E-state index contributed by atoms with van der Waals surface area (Å²) < 4.78 is 25.5. The van der Waals surface area contributed by atoms with E-state index in [2.05, 4.69) is 26.1 Å². The summed E-state index contributed by atoms with van der Waals surface area (Å²) in [6.07, 6.45) is 1.03. The maximum Gasteiger partial charge on any atom is 0.241 e. The number of nitrogens with one attached hydrogen (secondary N) is 1. The third-order valence-corrected chi connectivity index (χ3v) is 6.18. The van der Waals surface area contributed by atoms with Gasteiger partial charge in [0.05, 0.1) is 23.0 Å². The van der Waals surface area contributed by atoms with Crippen molar-refractivity contribution in [2.45, 2.75) is 39.2 Å². The normalized spacial score (nSPS) is 13.1. The molecular formula is C21H26Cl2N2O3S. The summed E-state index contributed by atoms with van der Waals surface area (Å²) in [5.74, 6) is -0.436. The van der Waals surface area contributed by atoms with E-state index in [1.54, 1.807) is 0 Å². The minimum atomic E-state index is -3.73. The number of hydrogen-bond acceptors (Lipinski definition) is 3. The molecule has 2 aromatic carbocycles. The molecule has 0 spiro atoms. The Balaban J connectivity index is 2.16. The summed E-state index contributed by atoms with van der Waals surface area (Å²) >= 11 is 12.0. The van der Waals surface area contributed by atoms with Crippen molar-refractivity contribution in [3.63, 3.8) is 0 Å². The molecule has 1 N–H and O–H groups in total. The largest absolute Gasteiger partial charge is 0.348 e. The topological polar surface area (TPSA) is 66.5 Å². The zero-order chi connectivity index (χ0) is 22.0. The molecule has 2 rings (SSSR count). The van der Waals surface area contributed by atoms with Crippen LogP contribution < -0.4 is 9.62 Å². The average Bonchev–Trinajstić information content (AvgIpc) is 2.58. The van der Waals surface area contributed by atoms with Crippen molar-refractivity contribution in [3.05, 3.63) is 63.6 Å². The van der Waals surface area contributed by atoms with Crippen LogP contribution in [0.5, 0.6) is 0 Å². The third kappa shape index (κ3) is 6.36. The first-order chi connectivity index (χ1) is 13.3. The van der Waals surface area contributed by atoms with E-state index in [-0.39, 0.29) is 28.7 Å². The second-order valence-corrected chi connectivity index (χ2v) is 10.8. The van der Waals surface area contributed by atoms with Crippen molar-refractivity contribution in [2.75, 3.05) is 17.1 Å². The fraction of sp³-hybridized carbons (Fsp3) is 0.381. The van der Waals surface area contributed by atoms with Gasteiger partial charge in [0.15, 0.2) is 0 Å². The predicted octanol–water partition coefficient (Wildman–Crippen LogP) is 4.93. The molecule has 0 aliphatic heterocycles. The number of carbonyl (C=O) groups is 1.